The van der Waals surface area contributed by atoms with Crippen molar-refractivity contribution in [2.75, 3.05) is 7.11 Å². The second kappa shape index (κ2) is 6.31. The van der Waals surface area contributed by atoms with Gasteiger partial charge in [-0.25, -0.2) is 0 Å². The van der Waals surface area contributed by atoms with Crippen molar-refractivity contribution in [2.24, 2.45) is 7.05 Å². The van der Waals surface area contributed by atoms with Gasteiger partial charge in [0.15, 0.2) is 0 Å². The Hall–Kier alpha value is -2.89. The summed E-state index contributed by atoms with van der Waals surface area (Å²) in [6.07, 6.45) is 0.509. The van der Waals surface area contributed by atoms with E-state index in [2.05, 4.69) is 10.1 Å². The Bertz CT molecular complexity index is 941. The first-order valence-corrected chi connectivity index (χ1v) is 7.62. The highest BCUT2D eigenvalue weighted by Crippen LogP contribution is 2.20. The van der Waals surface area contributed by atoms with Gasteiger partial charge in [-0.1, -0.05) is 11.2 Å². The number of hydrogen-bond donors (Lipinski definition) is 0. The highest BCUT2D eigenvalue weighted by atomic mass is 16.5. The average Bonchev–Trinajstić information content (AvgIpc) is 3.03. The van der Waals surface area contributed by atoms with Crippen molar-refractivity contribution in [1.82, 2.24) is 14.7 Å². The minimum absolute atomic E-state index is 0.136. The summed E-state index contributed by atoms with van der Waals surface area (Å²) in [6.45, 7) is 3.88. The molecule has 0 spiro atoms. The van der Waals surface area contributed by atoms with Gasteiger partial charge in [-0.15, -0.1) is 0 Å². The van der Waals surface area contributed by atoms with Gasteiger partial charge in [-0.2, -0.15) is 4.98 Å². The SMILES string of the molecule is COc1ccc(Cc2nc(-c3ccc(C)n(C)c3=O)no2)c(C)c1. The number of aromatic nitrogens is 3. The summed E-state index contributed by atoms with van der Waals surface area (Å²) >= 11 is 0. The van der Waals surface area contributed by atoms with Gasteiger partial charge in [-0.3, -0.25) is 4.79 Å². The Labute approximate surface area is 139 Å². The van der Waals surface area contributed by atoms with Crippen molar-refractivity contribution in [3.8, 4) is 17.1 Å². The first-order chi connectivity index (χ1) is 11.5. The van der Waals surface area contributed by atoms with Gasteiger partial charge in [0.2, 0.25) is 11.7 Å². The molecule has 3 aromatic rings. The molecule has 0 N–H and O–H groups in total. The maximum absolute atomic E-state index is 12.3. The molecule has 3 rings (SSSR count). The number of hydrogen-bond acceptors (Lipinski definition) is 5. The molecule has 0 radical (unpaired) electrons. The molecule has 0 saturated heterocycles. The first kappa shape index (κ1) is 16.0. The number of nitrogens with zero attached hydrogens (tertiary/aromatic N) is 3. The molecule has 124 valence electrons. The van der Waals surface area contributed by atoms with Gasteiger partial charge in [0.05, 0.1) is 19.1 Å². The summed E-state index contributed by atoms with van der Waals surface area (Å²) in [5, 5.41) is 3.95. The van der Waals surface area contributed by atoms with Gasteiger partial charge in [0.1, 0.15) is 5.75 Å². The Morgan fingerprint density at radius 2 is 2.00 bits per heavy atom. The molecule has 0 bridgehead atoms. The van der Waals surface area contributed by atoms with Crippen LogP contribution in [0.2, 0.25) is 0 Å². The van der Waals surface area contributed by atoms with Crippen LogP contribution in [-0.4, -0.2) is 21.8 Å². The highest BCUT2D eigenvalue weighted by Gasteiger charge is 2.14. The van der Waals surface area contributed by atoms with E-state index in [4.69, 9.17) is 9.26 Å². The lowest BCUT2D eigenvalue weighted by Crippen LogP contribution is -2.20. The first-order valence-electron chi connectivity index (χ1n) is 7.62. The fourth-order valence-corrected chi connectivity index (χ4v) is 2.49. The molecular formula is C18H19N3O3. The molecule has 0 aliphatic heterocycles. The van der Waals surface area contributed by atoms with Gasteiger partial charge >= 0.3 is 0 Å². The quantitative estimate of drug-likeness (QED) is 0.737. The second-order valence-electron chi connectivity index (χ2n) is 5.73. The summed E-state index contributed by atoms with van der Waals surface area (Å²) in [4.78, 5) is 16.7. The van der Waals surface area contributed by atoms with E-state index in [1.165, 1.54) is 0 Å². The number of pyridine rings is 1. The molecule has 0 atom stereocenters. The van der Waals surface area contributed by atoms with E-state index in [0.717, 1.165) is 22.6 Å². The molecule has 2 heterocycles. The minimum atomic E-state index is -0.136. The maximum atomic E-state index is 12.3. The van der Waals surface area contributed by atoms with E-state index in [1.54, 1.807) is 24.8 Å². The Morgan fingerprint density at radius 1 is 1.21 bits per heavy atom. The van der Waals surface area contributed by atoms with E-state index in [9.17, 15) is 4.79 Å². The van der Waals surface area contributed by atoms with Crippen LogP contribution in [0.15, 0.2) is 39.6 Å². The highest BCUT2D eigenvalue weighted by molar-refractivity contribution is 5.53. The third-order valence-corrected chi connectivity index (χ3v) is 4.16. The molecule has 6 nitrogen and oxygen atoms in total. The second-order valence-corrected chi connectivity index (χ2v) is 5.73. The van der Waals surface area contributed by atoms with Crippen molar-refractivity contribution < 1.29 is 9.26 Å². The lowest BCUT2D eigenvalue weighted by atomic mass is 10.1. The van der Waals surface area contributed by atoms with Gasteiger partial charge in [0.25, 0.3) is 5.56 Å². The third kappa shape index (κ3) is 2.95. The molecule has 0 aliphatic rings. The van der Waals surface area contributed by atoms with Crippen LogP contribution in [0.5, 0.6) is 5.75 Å². The number of ether oxygens (including phenoxy) is 1. The predicted molar refractivity (Wildman–Crippen MR) is 90.2 cm³/mol. The molecule has 0 fully saturated rings. The lowest BCUT2D eigenvalue weighted by Gasteiger charge is -2.05. The zero-order chi connectivity index (χ0) is 17.3. The summed E-state index contributed by atoms with van der Waals surface area (Å²) < 4.78 is 12.1. The van der Waals surface area contributed by atoms with Crippen LogP contribution in [0.1, 0.15) is 22.7 Å². The molecule has 0 amide bonds. The van der Waals surface area contributed by atoms with Gasteiger partial charge in [0, 0.05) is 12.7 Å². The topological polar surface area (TPSA) is 70.2 Å². The van der Waals surface area contributed by atoms with E-state index in [0.29, 0.717) is 23.7 Å². The van der Waals surface area contributed by atoms with E-state index in [1.807, 2.05) is 38.1 Å². The van der Waals surface area contributed by atoms with Crippen molar-refractivity contribution in [3.63, 3.8) is 0 Å². The van der Waals surface area contributed by atoms with Crippen molar-refractivity contribution in [3.05, 3.63) is 63.4 Å². The Balaban J connectivity index is 1.89. The predicted octanol–water partition coefficient (Wildman–Crippen LogP) is 2.65. The van der Waals surface area contributed by atoms with Crippen LogP contribution in [0.4, 0.5) is 0 Å². The summed E-state index contributed by atoms with van der Waals surface area (Å²) in [7, 11) is 3.36. The Kier molecular flexibility index (Phi) is 4.20. The number of methoxy groups -OCH3 is 1. The normalized spacial score (nSPS) is 10.8. The van der Waals surface area contributed by atoms with E-state index in [-0.39, 0.29) is 5.56 Å². The van der Waals surface area contributed by atoms with Crippen LogP contribution >= 0.6 is 0 Å². The van der Waals surface area contributed by atoms with Crippen LogP contribution in [0, 0.1) is 13.8 Å². The number of benzene rings is 1. The minimum Gasteiger partial charge on any atom is -0.497 e. The molecular weight excluding hydrogens is 306 g/mol. The zero-order valence-electron chi connectivity index (χ0n) is 14.2. The van der Waals surface area contributed by atoms with Crippen molar-refractivity contribution in [1.29, 1.82) is 0 Å². The fraction of sp³-hybridized carbons (Fsp3) is 0.278. The molecule has 0 aliphatic carbocycles. The zero-order valence-corrected chi connectivity index (χ0v) is 14.2. The lowest BCUT2D eigenvalue weighted by molar-refractivity contribution is 0.385. The number of aryl methyl sites for hydroxylation is 2. The van der Waals surface area contributed by atoms with E-state index < -0.39 is 0 Å². The molecule has 6 heteroatoms. The molecule has 1 aromatic carbocycles. The van der Waals surface area contributed by atoms with E-state index >= 15 is 0 Å². The smallest absolute Gasteiger partial charge is 0.261 e. The molecule has 0 saturated carbocycles. The van der Waals surface area contributed by atoms with Crippen molar-refractivity contribution >= 4 is 0 Å². The monoisotopic (exact) mass is 325 g/mol. The fourth-order valence-electron chi connectivity index (χ4n) is 2.49. The van der Waals surface area contributed by atoms with Crippen LogP contribution in [-0.2, 0) is 13.5 Å². The van der Waals surface area contributed by atoms with Gasteiger partial charge < -0.3 is 13.8 Å². The van der Waals surface area contributed by atoms with Crippen LogP contribution in [0.3, 0.4) is 0 Å². The van der Waals surface area contributed by atoms with Crippen LogP contribution < -0.4 is 10.3 Å². The molecule has 2 aromatic heterocycles. The van der Waals surface area contributed by atoms with Crippen molar-refractivity contribution in [2.45, 2.75) is 20.3 Å². The molecule has 0 unspecified atom stereocenters. The third-order valence-electron chi connectivity index (χ3n) is 4.16. The standard InChI is InChI=1S/C18H19N3O3/c1-11-9-14(23-4)7-6-13(11)10-16-19-17(20-24-16)15-8-5-12(2)21(3)18(15)22/h5-9H,10H2,1-4H3. The Morgan fingerprint density at radius 3 is 2.71 bits per heavy atom. The van der Waals surface area contributed by atoms with Gasteiger partial charge in [-0.05, 0) is 49.2 Å². The molecule has 24 heavy (non-hydrogen) atoms. The summed E-state index contributed by atoms with van der Waals surface area (Å²) in [5.74, 6) is 1.60. The van der Waals surface area contributed by atoms with Crippen LogP contribution in [0.25, 0.3) is 11.4 Å². The average molecular weight is 325 g/mol. The largest absolute Gasteiger partial charge is 0.497 e. The summed E-state index contributed by atoms with van der Waals surface area (Å²) in [5.41, 5.74) is 3.33. The maximum Gasteiger partial charge on any atom is 0.261 e. The summed E-state index contributed by atoms with van der Waals surface area (Å²) in [6, 6.07) is 9.42. The number of rotatable bonds is 4.